The van der Waals surface area contributed by atoms with Gasteiger partial charge in [0.2, 0.25) is 0 Å². The van der Waals surface area contributed by atoms with Crippen LogP contribution in [-0.2, 0) is 0 Å². The Balaban J connectivity index is 1.53. The largest absolute Gasteiger partial charge is 0.451 e. The van der Waals surface area contributed by atoms with Crippen molar-refractivity contribution >= 4 is 17.3 Å². The second-order valence-electron chi connectivity index (χ2n) is 6.34. The van der Waals surface area contributed by atoms with Crippen molar-refractivity contribution in [3.8, 4) is 11.3 Å². The molecule has 0 unspecified atom stereocenters. The maximum Gasteiger partial charge on any atom is 0.291 e. The molecule has 5 heteroatoms. The molecule has 2 heterocycles. The predicted molar refractivity (Wildman–Crippen MR) is 99.9 cm³/mol. The molecule has 1 saturated heterocycles. The average molecular weight is 350 g/mol. The molecule has 2 aromatic carbocycles. The number of para-hydroxylation sites is 2. The Morgan fingerprint density at radius 1 is 0.962 bits per heavy atom. The monoisotopic (exact) mass is 350 g/mol. The van der Waals surface area contributed by atoms with Crippen molar-refractivity contribution in [2.45, 2.75) is 12.8 Å². The third-order valence-corrected chi connectivity index (χ3v) is 4.56. The Bertz CT molecular complexity index is 912. The molecule has 0 atom stereocenters. The van der Waals surface area contributed by atoms with Crippen LogP contribution >= 0.6 is 0 Å². The summed E-state index contributed by atoms with van der Waals surface area (Å²) >= 11 is 0. The van der Waals surface area contributed by atoms with E-state index in [0.717, 1.165) is 30.0 Å². The number of anilines is 2. The highest BCUT2D eigenvalue weighted by Gasteiger charge is 2.18. The number of hydrogen-bond donors (Lipinski definition) is 1. The molecule has 0 saturated carbocycles. The molecule has 4 nitrogen and oxygen atoms in total. The van der Waals surface area contributed by atoms with Crippen LogP contribution in [0.2, 0.25) is 0 Å². The van der Waals surface area contributed by atoms with Crippen molar-refractivity contribution in [3.05, 3.63) is 72.2 Å². The van der Waals surface area contributed by atoms with Crippen LogP contribution in [0.4, 0.5) is 15.8 Å². The van der Waals surface area contributed by atoms with Gasteiger partial charge in [-0.1, -0.05) is 12.1 Å². The molecule has 0 spiro atoms. The second kappa shape index (κ2) is 7.04. The Kier molecular flexibility index (Phi) is 4.44. The summed E-state index contributed by atoms with van der Waals surface area (Å²) in [6, 6.07) is 17.1. The van der Waals surface area contributed by atoms with Gasteiger partial charge in [0.25, 0.3) is 5.91 Å². The molecule has 4 rings (SSSR count). The summed E-state index contributed by atoms with van der Waals surface area (Å²) in [5, 5.41) is 2.94. The fraction of sp³-hybridized carbons (Fsp3) is 0.190. The molecule has 0 bridgehead atoms. The summed E-state index contributed by atoms with van der Waals surface area (Å²) in [5.41, 5.74) is 2.53. The van der Waals surface area contributed by atoms with Crippen LogP contribution in [0.3, 0.4) is 0 Å². The zero-order chi connectivity index (χ0) is 17.9. The smallest absolute Gasteiger partial charge is 0.291 e. The molecule has 1 aliphatic rings. The molecule has 26 heavy (non-hydrogen) atoms. The van der Waals surface area contributed by atoms with Gasteiger partial charge in [-0.05, 0) is 61.4 Å². The molecule has 1 aliphatic heterocycles. The van der Waals surface area contributed by atoms with Crippen molar-refractivity contribution < 1.29 is 13.6 Å². The van der Waals surface area contributed by atoms with E-state index in [1.807, 2.05) is 24.3 Å². The highest BCUT2D eigenvalue weighted by atomic mass is 19.1. The van der Waals surface area contributed by atoms with Crippen molar-refractivity contribution in [1.29, 1.82) is 0 Å². The van der Waals surface area contributed by atoms with Crippen molar-refractivity contribution in [3.63, 3.8) is 0 Å². The van der Waals surface area contributed by atoms with Crippen LogP contribution < -0.4 is 10.2 Å². The number of amides is 1. The lowest BCUT2D eigenvalue weighted by Gasteiger charge is -2.21. The number of halogens is 1. The number of carbonyl (C=O) groups is 1. The first-order chi connectivity index (χ1) is 12.7. The minimum absolute atomic E-state index is 0.223. The maximum absolute atomic E-state index is 13.0. The van der Waals surface area contributed by atoms with E-state index in [1.54, 1.807) is 24.3 Å². The molecule has 0 radical (unpaired) electrons. The highest BCUT2D eigenvalue weighted by molar-refractivity contribution is 6.04. The molecule has 0 aliphatic carbocycles. The standard InChI is InChI=1S/C21H19FN2O2/c22-16-9-7-15(8-10-16)19-11-12-20(26-19)21(25)23-17-5-1-2-6-18(17)24-13-3-4-14-24/h1-2,5-12H,3-4,13-14H2,(H,23,25). The predicted octanol–water partition coefficient (Wildman–Crippen LogP) is 4.94. The number of hydrogen-bond acceptors (Lipinski definition) is 3. The molecule has 3 aromatic rings. The van der Waals surface area contributed by atoms with E-state index >= 15 is 0 Å². The number of nitrogens with one attached hydrogen (secondary N) is 1. The van der Waals surface area contributed by atoms with Crippen LogP contribution in [0, 0.1) is 5.82 Å². The van der Waals surface area contributed by atoms with Crippen LogP contribution in [-0.4, -0.2) is 19.0 Å². The van der Waals surface area contributed by atoms with Gasteiger partial charge in [-0.3, -0.25) is 4.79 Å². The third-order valence-electron chi connectivity index (χ3n) is 4.56. The number of furan rings is 1. The van der Waals surface area contributed by atoms with E-state index in [1.165, 1.54) is 25.0 Å². The molecular weight excluding hydrogens is 331 g/mol. The van der Waals surface area contributed by atoms with E-state index in [2.05, 4.69) is 10.2 Å². The zero-order valence-corrected chi connectivity index (χ0v) is 14.2. The summed E-state index contributed by atoms with van der Waals surface area (Å²) < 4.78 is 18.7. The Labute approximate surface area is 151 Å². The number of carbonyl (C=O) groups excluding carboxylic acids is 1. The topological polar surface area (TPSA) is 45.5 Å². The van der Waals surface area contributed by atoms with Gasteiger partial charge in [-0.25, -0.2) is 4.39 Å². The van der Waals surface area contributed by atoms with Gasteiger partial charge in [-0.15, -0.1) is 0 Å². The molecule has 1 N–H and O–H groups in total. The first-order valence-corrected chi connectivity index (χ1v) is 8.72. The summed E-state index contributed by atoms with van der Waals surface area (Å²) in [5.74, 6) is 0.144. The third kappa shape index (κ3) is 3.33. The summed E-state index contributed by atoms with van der Waals surface area (Å²) in [6.45, 7) is 2.00. The number of rotatable bonds is 4. The van der Waals surface area contributed by atoms with Crippen molar-refractivity contribution in [1.82, 2.24) is 0 Å². The number of nitrogens with zero attached hydrogens (tertiary/aromatic N) is 1. The van der Waals surface area contributed by atoms with Gasteiger partial charge in [0.1, 0.15) is 11.6 Å². The Morgan fingerprint density at radius 3 is 2.46 bits per heavy atom. The van der Waals surface area contributed by atoms with E-state index in [4.69, 9.17) is 4.42 Å². The van der Waals surface area contributed by atoms with E-state index in [0.29, 0.717) is 5.76 Å². The molecule has 132 valence electrons. The fourth-order valence-electron chi connectivity index (χ4n) is 3.23. The molecule has 1 amide bonds. The lowest BCUT2D eigenvalue weighted by Crippen LogP contribution is -2.20. The van der Waals surface area contributed by atoms with Crippen LogP contribution in [0.25, 0.3) is 11.3 Å². The fourth-order valence-corrected chi connectivity index (χ4v) is 3.23. The van der Waals surface area contributed by atoms with E-state index < -0.39 is 0 Å². The van der Waals surface area contributed by atoms with Crippen molar-refractivity contribution in [2.75, 3.05) is 23.3 Å². The van der Waals surface area contributed by atoms with Gasteiger partial charge >= 0.3 is 0 Å². The second-order valence-corrected chi connectivity index (χ2v) is 6.34. The molecule has 1 fully saturated rings. The zero-order valence-electron chi connectivity index (χ0n) is 14.2. The van der Waals surface area contributed by atoms with Crippen molar-refractivity contribution in [2.24, 2.45) is 0 Å². The highest BCUT2D eigenvalue weighted by Crippen LogP contribution is 2.29. The first kappa shape index (κ1) is 16.4. The van der Waals surface area contributed by atoms with Crippen LogP contribution in [0.15, 0.2) is 65.1 Å². The van der Waals surface area contributed by atoms with E-state index in [-0.39, 0.29) is 17.5 Å². The van der Waals surface area contributed by atoms with Gasteiger partial charge in [0.15, 0.2) is 5.76 Å². The minimum atomic E-state index is -0.309. The lowest BCUT2D eigenvalue weighted by atomic mass is 10.2. The average Bonchev–Trinajstić information content (AvgIpc) is 3.35. The SMILES string of the molecule is O=C(Nc1ccccc1N1CCCC1)c1ccc(-c2ccc(F)cc2)o1. The quantitative estimate of drug-likeness (QED) is 0.725. The minimum Gasteiger partial charge on any atom is -0.451 e. The Hall–Kier alpha value is -3.08. The van der Waals surface area contributed by atoms with Gasteiger partial charge in [0, 0.05) is 18.7 Å². The molecular formula is C21H19FN2O2. The number of benzene rings is 2. The maximum atomic E-state index is 13.0. The van der Waals surface area contributed by atoms with Crippen LogP contribution in [0.1, 0.15) is 23.4 Å². The van der Waals surface area contributed by atoms with Gasteiger partial charge in [-0.2, -0.15) is 0 Å². The summed E-state index contributed by atoms with van der Waals surface area (Å²) in [7, 11) is 0. The van der Waals surface area contributed by atoms with Gasteiger partial charge < -0.3 is 14.6 Å². The van der Waals surface area contributed by atoms with E-state index in [9.17, 15) is 9.18 Å². The van der Waals surface area contributed by atoms with Gasteiger partial charge in [0.05, 0.1) is 11.4 Å². The molecule has 1 aromatic heterocycles. The normalized spacial score (nSPS) is 13.8. The van der Waals surface area contributed by atoms with Crippen LogP contribution in [0.5, 0.6) is 0 Å². The Morgan fingerprint density at radius 2 is 1.69 bits per heavy atom. The summed E-state index contributed by atoms with van der Waals surface area (Å²) in [6.07, 6.45) is 2.34. The lowest BCUT2D eigenvalue weighted by molar-refractivity contribution is 0.0997. The summed E-state index contributed by atoms with van der Waals surface area (Å²) in [4.78, 5) is 14.9. The first-order valence-electron chi connectivity index (χ1n) is 8.72.